The van der Waals surface area contributed by atoms with Gasteiger partial charge >= 0.3 is 5.97 Å². The van der Waals surface area contributed by atoms with Crippen LogP contribution in [0.15, 0.2) is 0 Å². The molecule has 190 valence electrons. The van der Waals surface area contributed by atoms with Crippen LogP contribution in [0, 0.1) is 11.8 Å². The minimum atomic E-state index is -1.53. The number of carboxylic acid groups (broad SMARTS) is 1. The van der Waals surface area contributed by atoms with Crippen molar-refractivity contribution < 1.29 is 29.1 Å². The van der Waals surface area contributed by atoms with Gasteiger partial charge in [0.2, 0.25) is 23.6 Å². The van der Waals surface area contributed by atoms with Gasteiger partial charge in [-0.3, -0.25) is 19.2 Å². The summed E-state index contributed by atoms with van der Waals surface area (Å²) in [5, 5.41) is 16.7. The number of carbonyl (C=O) groups excluding carboxylic acids is 4. The normalized spacial score (nSPS) is 14.8. The Hall–Kier alpha value is -2.73. The highest BCUT2D eigenvalue weighted by Crippen LogP contribution is 2.09. The molecule has 4 unspecified atom stereocenters. The molecular formula is C21H40N6O6. The first kappa shape index (κ1) is 30.3. The lowest BCUT2D eigenvalue weighted by Crippen LogP contribution is -2.58. The zero-order valence-corrected chi connectivity index (χ0v) is 19.9. The molecule has 10 N–H and O–H groups in total. The zero-order valence-electron chi connectivity index (χ0n) is 19.9. The predicted octanol–water partition coefficient (Wildman–Crippen LogP) is -1.44. The van der Waals surface area contributed by atoms with E-state index in [1.807, 2.05) is 13.8 Å². The summed E-state index contributed by atoms with van der Waals surface area (Å²) >= 11 is 0. The van der Waals surface area contributed by atoms with Crippen molar-refractivity contribution in [2.24, 2.45) is 29.0 Å². The molecule has 0 bridgehead atoms. The van der Waals surface area contributed by atoms with Gasteiger partial charge in [0.25, 0.3) is 0 Å². The van der Waals surface area contributed by atoms with Gasteiger partial charge in [-0.15, -0.1) is 0 Å². The van der Waals surface area contributed by atoms with Crippen molar-refractivity contribution in [1.82, 2.24) is 16.0 Å². The monoisotopic (exact) mass is 472 g/mol. The minimum absolute atomic E-state index is 0.0489. The van der Waals surface area contributed by atoms with Gasteiger partial charge in [0, 0.05) is 0 Å². The Morgan fingerprint density at radius 1 is 0.818 bits per heavy atom. The third-order valence-electron chi connectivity index (χ3n) is 4.96. The Labute approximate surface area is 194 Å². The Kier molecular flexibility index (Phi) is 13.9. The lowest BCUT2D eigenvalue weighted by atomic mass is 9.99. The number of primary amides is 1. The first-order valence-corrected chi connectivity index (χ1v) is 11.2. The van der Waals surface area contributed by atoms with E-state index in [4.69, 9.17) is 17.2 Å². The van der Waals surface area contributed by atoms with Crippen molar-refractivity contribution >= 4 is 29.6 Å². The number of nitrogens with two attached hydrogens (primary N) is 3. The van der Waals surface area contributed by atoms with E-state index >= 15 is 0 Å². The number of unbranched alkanes of at least 4 members (excludes halogenated alkanes) is 1. The van der Waals surface area contributed by atoms with E-state index in [9.17, 15) is 29.1 Å². The lowest BCUT2D eigenvalue weighted by molar-refractivity contribution is -0.143. The smallest absolute Gasteiger partial charge is 0.326 e. The van der Waals surface area contributed by atoms with Crippen molar-refractivity contribution in [2.75, 3.05) is 6.54 Å². The molecule has 0 radical (unpaired) electrons. The molecule has 0 aromatic heterocycles. The van der Waals surface area contributed by atoms with E-state index in [0.29, 0.717) is 25.8 Å². The molecule has 0 fully saturated rings. The van der Waals surface area contributed by atoms with Crippen LogP contribution >= 0.6 is 0 Å². The number of hydrogen-bond donors (Lipinski definition) is 7. The van der Waals surface area contributed by atoms with Crippen molar-refractivity contribution in [1.29, 1.82) is 0 Å². The summed E-state index contributed by atoms with van der Waals surface area (Å²) in [4.78, 5) is 60.6. The van der Waals surface area contributed by atoms with Gasteiger partial charge in [-0.25, -0.2) is 4.79 Å². The number of aliphatic carboxylic acids is 1. The second kappa shape index (κ2) is 15.2. The number of rotatable bonds is 16. The third-order valence-corrected chi connectivity index (χ3v) is 4.96. The van der Waals surface area contributed by atoms with E-state index in [0.717, 1.165) is 0 Å². The number of hydrogen-bond acceptors (Lipinski definition) is 7. The molecule has 4 atom stereocenters. The molecule has 12 nitrogen and oxygen atoms in total. The maximum Gasteiger partial charge on any atom is 0.326 e. The first-order valence-electron chi connectivity index (χ1n) is 11.2. The molecule has 0 spiro atoms. The van der Waals surface area contributed by atoms with E-state index < -0.39 is 60.2 Å². The summed E-state index contributed by atoms with van der Waals surface area (Å²) in [7, 11) is 0. The summed E-state index contributed by atoms with van der Waals surface area (Å²) in [6, 6.07) is -4.36. The fourth-order valence-electron chi connectivity index (χ4n) is 2.98. The quantitative estimate of drug-likeness (QED) is 0.131. The van der Waals surface area contributed by atoms with E-state index in [1.54, 1.807) is 13.8 Å². The molecule has 0 aromatic carbocycles. The van der Waals surface area contributed by atoms with Gasteiger partial charge in [0.1, 0.15) is 18.1 Å². The molecule has 0 aliphatic carbocycles. The zero-order chi connectivity index (χ0) is 25.7. The average Bonchev–Trinajstić information content (AvgIpc) is 2.70. The van der Waals surface area contributed by atoms with Gasteiger partial charge in [0.05, 0.1) is 12.5 Å². The highest BCUT2D eigenvalue weighted by Gasteiger charge is 2.31. The number of carboxylic acids is 1. The predicted molar refractivity (Wildman–Crippen MR) is 122 cm³/mol. The third kappa shape index (κ3) is 12.2. The fourth-order valence-corrected chi connectivity index (χ4v) is 2.98. The molecule has 0 aliphatic rings. The van der Waals surface area contributed by atoms with Crippen LogP contribution in [0.5, 0.6) is 0 Å². The van der Waals surface area contributed by atoms with Crippen LogP contribution < -0.4 is 33.2 Å². The van der Waals surface area contributed by atoms with Crippen LogP contribution in [0.25, 0.3) is 0 Å². The SMILES string of the molecule is CC(C)CC(NC(=O)C(N)C(C)C)C(=O)NC(CCCCN)C(=O)NC(CC(N)=O)C(=O)O. The summed E-state index contributed by atoms with van der Waals surface area (Å²) in [5.74, 6) is -4.27. The molecule has 0 aromatic rings. The van der Waals surface area contributed by atoms with Crippen molar-refractivity contribution in [3.8, 4) is 0 Å². The fraction of sp³-hybridized carbons (Fsp3) is 0.762. The van der Waals surface area contributed by atoms with Crippen LogP contribution in [0.1, 0.15) is 59.8 Å². The molecular weight excluding hydrogens is 432 g/mol. The first-order chi connectivity index (χ1) is 15.3. The van der Waals surface area contributed by atoms with Gasteiger partial charge < -0.3 is 38.3 Å². The molecule has 0 heterocycles. The van der Waals surface area contributed by atoms with Crippen molar-refractivity contribution in [2.45, 2.75) is 84.0 Å². The molecule has 33 heavy (non-hydrogen) atoms. The standard InChI is InChI=1S/C21H40N6O6/c1-11(2)9-14(26-20(31)17(24)12(3)4)19(30)25-13(7-5-6-8-22)18(29)27-15(21(32)33)10-16(23)28/h11-15,17H,5-10,22,24H2,1-4H3,(H2,23,28)(H,25,30)(H,26,31)(H,27,29)(H,32,33). The Morgan fingerprint density at radius 2 is 1.33 bits per heavy atom. The number of carbonyl (C=O) groups is 5. The Balaban J connectivity index is 5.54. The van der Waals surface area contributed by atoms with Crippen molar-refractivity contribution in [3.63, 3.8) is 0 Å². The van der Waals surface area contributed by atoms with E-state index in [2.05, 4.69) is 16.0 Å². The molecule has 0 saturated heterocycles. The maximum absolute atomic E-state index is 13.0. The average molecular weight is 473 g/mol. The van der Waals surface area contributed by atoms with Crippen LogP contribution in [0.4, 0.5) is 0 Å². The summed E-state index contributed by atoms with van der Waals surface area (Å²) in [5.41, 5.74) is 16.4. The molecule has 0 aliphatic heterocycles. The van der Waals surface area contributed by atoms with Gasteiger partial charge in [-0.1, -0.05) is 27.7 Å². The summed E-state index contributed by atoms with van der Waals surface area (Å²) < 4.78 is 0. The van der Waals surface area contributed by atoms with Gasteiger partial charge in [0.15, 0.2) is 0 Å². The second-order valence-electron chi connectivity index (χ2n) is 8.88. The molecule has 0 saturated carbocycles. The Bertz CT molecular complexity index is 684. The number of nitrogens with one attached hydrogen (secondary N) is 3. The number of amides is 4. The topological polar surface area (TPSA) is 220 Å². The van der Waals surface area contributed by atoms with Crippen LogP contribution in [-0.4, -0.2) is 65.4 Å². The van der Waals surface area contributed by atoms with Crippen LogP contribution in [-0.2, 0) is 24.0 Å². The molecule has 12 heteroatoms. The highest BCUT2D eigenvalue weighted by molar-refractivity contribution is 5.94. The minimum Gasteiger partial charge on any atom is -0.480 e. The summed E-state index contributed by atoms with van der Waals surface area (Å²) in [6.07, 6.45) is 0.967. The van der Waals surface area contributed by atoms with E-state index in [-0.39, 0.29) is 18.3 Å². The molecule has 0 rings (SSSR count). The largest absolute Gasteiger partial charge is 0.480 e. The van der Waals surface area contributed by atoms with Gasteiger partial charge in [-0.05, 0) is 44.1 Å². The Morgan fingerprint density at radius 3 is 1.79 bits per heavy atom. The lowest BCUT2D eigenvalue weighted by Gasteiger charge is -2.26. The van der Waals surface area contributed by atoms with Crippen LogP contribution in [0.2, 0.25) is 0 Å². The molecule has 4 amide bonds. The van der Waals surface area contributed by atoms with Crippen LogP contribution in [0.3, 0.4) is 0 Å². The maximum atomic E-state index is 13.0. The van der Waals surface area contributed by atoms with E-state index in [1.165, 1.54) is 0 Å². The van der Waals surface area contributed by atoms with Gasteiger partial charge in [-0.2, -0.15) is 0 Å². The van der Waals surface area contributed by atoms with Crippen molar-refractivity contribution in [3.05, 3.63) is 0 Å². The summed E-state index contributed by atoms with van der Waals surface area (Å²) in [6.45, 7) is 7.69. The second-order valence-corrected chi connectivity index (χ2v) is 8.88. The highest BCUT2D eigenvalue weighted by atomic mass is 16.4.